The van der Waals surface area contributed by atoms with Gasteiger partial charge in [-0.2, -0.15) is 8.42 Å². The monoisotopic (exact) mass is 325 g/mol. The molecule has 0 atom stereocenters. The second-order valence-electron chi connectivity index (χ2n) is 3.95. The minimum atomic E-state index is -4.40. The number of hydrogen-bond acceptors (Lipinski definition) is 4. The largest absolute Gasteiger partial charge is 0.303 e. The number of sulfonamides is 1. The third-order valence-electron chi connectivity index (χ3n) is 2.52. The minimum absolute atomic E-state index is 0. The predicted octanol–water partition coefficient (Wildman–Crippen LogP) is 2.01. The van der Waals surface area contributed by atoms with Gasteiger partial charge in [0, 0.05) is 11.1 Å². The van der Waals surface area contributed by atoms with Gasteiger partial charge in [0.1, 0.15) is 0 Å². The van der Waals surface area contributed by atoms with Crippen LogP contribution in [0.25, 0.3) is 0 Å². The van der Waals surface area contributed by atoms with Crippen molar-refractivity contribution in [1.29, 1.82) is 0 Å². The van der Waals surface area contributed by atoms with Crippen LogP contribution in [0.3, 0.4) is 0 Å². The van der Waals surface area contributed by atoms with Crippen LogP contribution in [0, 0.1) is 0 Å². The third kappa shape index (κ3) is 4.14. The van der Waals surface area contributed by atoms with Crippen LogP contribution in [0.2, 0.25) is 0 Å². The van der Waals surface area contributed by atoms with Crippen LogP contribution in [0.4, 0.5) is 0 Å². The Morgan fingerprint density at radius 2 is 1.19 bits per heavy atom. The number of carbonyl (C=O) groups is 2. The molecule has 2 rings (SSSR count). The summed E-state index contributed by atoms with van der Waals surface area (Å²) in [6, 6.07) is 15.3. The molecule has 5 nitrogen and oxygen atoms in total. The van der Waals surface area contributed by atoms with Gasteiger partial charge in [0.25, 0.3) is 11.0 Å². The van der Waals surface area contributed by atoms with E-state index in [9.17, 15) is 18.0 Å². The Bertz CT molecular complexity index is 730. The number of halogens is 1. The molecule has 2 aromatic carbocycles. The highest BCUT2D eigenvalue weighted by atomic mass is 35.5. The van der Waals surface area contributed by atoms with Crippen molar-refractivity contribution in [3.63, 3.8) is 0 Å². The molecule has 0 aliphatic carbocycles. The lowest BCUT2D eigenvalue weighted by Crippen LogP contribution is -2.35. The van der Waals surface area contributed by atoms with Crippen molar-refractivity contribution in [1.82, 2.24) is 4.72 Å². The van der Waals surface area contributed by atoms with Crippen molar-refractivity contribution in [2.45, 2.75) is 0 Å². The van der Waals surface area contributed by atoms with E-state index < -0.39 is 21.0 Å². The fourth-order valence-corrected chi connectivity index (χ4v) is 2.45. The standard InChI is InChI=1S/C14H11NO4S.ClH/c16-13(11-7-3-1-4-8-11)15-20(18,19)14(17)12-9-5-2-6-10-12;/h1-10H,(H,15,16);1H. The van der Waals surface area contributed by atoms with Crippen molar-refractivity contribution >= 4 is 33.5 Å². The van der Waals surface area contributed by atoms with Gasteiger partial charge in [-0.25, -0.2) is 4.72 Å². The van der Waals surface area contributed by atoms with E-state index >= 15 is 0 Å². The molecule has 2 aromatic rings. The van der Waals surface area contributed by atoms with Gasteiger partial charge in [-0.1, -0.05) is 48.5 Å². The quantitative estimate of drug-likeness (QED) is 0.916. The van der Waals surface area contributed by atoms with Crippen molar-refractivity contribution in [3.8, 4) is 0 Å². The molecule has 1 N–H and O–H groups in total. The lowest BCUT2D eigenvalue weighted by atomic mass is 10.2. The molecule has 0 aromatic heterocycles. The maximum atomic E-state index is 11.8. The average molecular weight is 326 g/mol. The van der Waals surface area contributed by atoms with Crippen LogP contribution >= 0.6 is 12.4 Å². The van der Waals surface area contributed by atoms with Crippen LogP contribution in [-0.4, -0.2) is 19.4 Å². The van der Waals surface area contributed by atoms with Gasteiger partial charge >= 0.3 is 10.0 Å². The van der Waals surface area contributed by atoms with Crippen molar-refractivity contribution in [2.75, 3.05) is 0 Å². The Balaban J connectivity index is 0.00000220. The van der Waals surface area contributed by atoms with Crippen LogP contribution < -0.4 is 4.72 Å². The number of carbonyl (C=O) groups excluding carboxylic acids is 2. The van der Waals surface area contributed by atoms with Gasteiger partial charge in [-0.15, -0.1) is 12.4 Å². The summed E-state index contributed by atoms with van der Waals surface area (Å²) in [5, 5.41) is -1.14. The van der Waals surface area contributed by atoms with Gasteiger partial charge in [0.2, 0.25) is 0 Å². The fourth-order valence-electron chi connectivity index (χ4n) is 1.55. The minimum Gasteiger partial charge on any atom is -0.274 e. The summed E-state index contributed by atoms with van der Waals surface area (Å²) in [7, 11) is -4.40. The molecule has 110 valence electrons. The highest BCUT2D eigenvalue weighted by Crippen LogP contribution is 2.06. The first-order chi connectivity index (χ1) is 9.50. The van der Waals surface area contributed by atoms with Gasteiger partial charge in [0.15, 0.2) is 0 Å². The summed E-state index contributed by atoms with van der Waals surface area (Å²) in [5.74, 6) is -0.838. The lowest BCUT2D eigenvalue weighted by molar-refractivity contribution is 0.0971. The Morgan fingerprint density at radius 1 is 0.762 bits per heavy atom. The van der Waals surface area contributed by atoms with E-state index in [1.165, 1.54) is 24.3 Å². The van der Waals surface area contributed by atoms with Gasteiger partial charge in [0.05, 0.1) is 0 Å². The molecule has 7 heteroatoms. The van der Waals surface area contributed by atoms with E-state index in [0.717, 1.165) is 0 Å². The summed E-state index contributed by atoms with van der Waals surface area (Å²) in [6.45, 7) is 0. The van der Waals surface area contributed by atoms with E-state index in [1.54, 1.807) is 41.1 Å². The SMILES string of the molecule is Cl.O=C(NS(=O)(=O)C(=O)c1ccccc1)c1ccccc1. The van der Waals surface area contributed by atoms with Crippen LogP contribution in [-0.2, 0) is 10.0 Å². The highest BCUT2D eigenvalue weighted by molar-refractivity contribution is 8.05. The maximum absolute atomic E-state index is 11.8. The van der Waals surface area contributed by atoms with E-state index in [4.69, 9.17) is 0 Å². The number of hydrogen-bond donors (Lipinski definition) is 1. The molecule has 0 aliphatic rings. The molecule has 21 heavy (non-hydrogen) atoms. The molecule has 0 bridgehead atoms. The third-order valence-corrected chi connectivity index (χ3v) is 3.69. The molecule has 0 aliphatic heterocycles. The number of rotatable bonds is 2. The Labute approximate surface area is 128 Å². The molecule has 1 amide bonds. The van der Waals surface area contributed by atoms with Crippen LogP contribution in [0.15, 0.2) is 60.7 Å². The molecule has 0 saturated carbocycles. The first-order valence-electron chi connectivity index (χ1n) is 5.72. The normalized spacial score (nSPS) is 10.3. The zero-order chi connectivity index (χ0) is 14.6. The summed E-state index contributed by atoms with van der Waals surface area (Å²) in [4.78, 5) is 23.6. The molecular formula is C14H12ClNO4S. The second kappa shape index (κ2) is 7.01. The van der Waals surface area contributed by atoms with E-state index in [1.807, 2.05) is 0 Å². The predicted molar refractivity (Wildman–Crippen MR) is 80.8 cm³/mol. The van der Waals surface area contributed by atoms with E-state index in [0.29, 0.717) is 0 Å². The molecule has 0 heterocycles. The highest BCUT2D eigenvalue weighted by Gasteiger charge is 2.26. The number of benzene rings is 2. The lowest BCUT2D eigenvalue weighted by Gasteiger charge is -2.05. The smallest absolute Gasteiger partial charge is 0.274 e. The topological polar surface area (TPSA) is 80.3 Å². The Kier molecular flexibility index (Phi) is 5.63. The Hall–Kier alpha value is -2.18. The van der Waals surface area contributed by atoms with Crippen LogP contribution in [0.5, 0.6) is 0 Å². The summed E-state index contributed by atoms with van der Waals surface area (Å²) in [6.07, 6.45) is 0. The van der Waals surface area contributed by atoms with Gasteiger partial charge in [-0.3, -0.25) is 9.59 Å². The van der Waals surface area contributed by atoms with Crippen molar-refractivity contribution < 1.29 is 18.0 Å². The molecule has 0 spiro atoms. The summed E-state index contributed by atoms with van der Waals surface area (Å²) in [5.41, 5.74) is 0.165. The molecular weight excluding hydrogens is 314 g/mol. The van der Waals surface area contributed by atoms with E-state index in [-0.39, 0.29) is 23.5 Å². The Morgan fingerprint density at radius 3 is 1.67 bits per heavy atom. The molecule has 0 radical (unpaired) electrons. The summed E-state index contributed by atoms with van der Waals surface area (Å²) >= 11 is 0. The number of nitrogens with one attached hydrogen (secondary N) is 1. The average Bonchev–Trinajstić information content (AvgIpc) is 2.48. The molecule has 0 saturated heterocycles. The van der Waals surface area contributed by atoms with Crippen LogP contribution in [0.1, 0.15) is 20.7 Å². The first-order valence-corrected chi connectivity index (χ1v) is 7.20. The molecule has 0 unspecified atom stereocenters. The van der Waals surface area contributed by atoms with Gasteiger partial charge < -0.3 is 0 Å². The van der Waals surface area contributed by atoms with Crippen molar-refractivity contribution in [3.05, 3.63) is 71.8 Å². The fraction of sp³-hybridized carbons (Fsp3) is 0. The van der Waals surface area contributed by atoms with Gasteiger partial charge in [-0.05, 0) is 12.1 Å². The zero-order valence-electron chi connectivity index (χ0n) is 10.7. The van der Waals surface area contributed by atoms with Crippen molar-refractivity contribution in [2.24, 2.45) is 0 Å². The first kappa shape index (κ1) is 16.9. The second-order valence-corrected chi connectivity index (χ2v) is 5.54. The zero-order valence-corrected chi connectivity index (χ0v) is 12.4. The number of amides is 1. The maximum Gasteiger partial charge on any atom is 0.303 e. The summed E-state index contributed by atoms with van der Waals surface area (Å²) < 4.78 is 25.4. The molecule has 0 fully saturated rings. The van der Waals surface area contributed by atoms with E-state index in [2.05, 4.69) is 0 Å².